The molecule has 1 aromatic carbocycles. The number of hydrogen-bond acceptors (Lipinski definition) is 4. The predicted molar refractivity (Wildman–Crippen MR) is 66.8 cm³/mol. The molecular formula is C13H15NO4. The average molecular weight is 249 g/mol. The third-order valence-electron chi connectivity index (χ3n) is 2.08. The van der Waals surface area contributed by atoms with Gasteiger partial charge >= 0.3 is 5.97 Å². The highest BCUT2D eigenvalue weighted by atomic mass is 16.5. The molecule has 5 nitrogen and oxygen atoms in total. The van der Waals surface area contributed by atoms with E-state index in [-0.39, 0.29) is 17.9 Å². The molecule has 96 valence electrons. The van der Waals surface area contributed by atoms with Crippen LogP contribution in [0.25, 0.3) is 0 Å². The summed E-state index contributed by atoms with van der Waals surface area (Å²) >= 11 is 0. The maximum atomic E-state index is 11.8. The molecule has 1 aromatic rings. The number of rotatable bonds is 4. The summed E-state index contributed by atoms with van der Waals surface area (Å²) in [7, 11) is 0. The van der Waals surface area contributed by atoms with E-state index in [9.17, 15) is 14.7 Å². The minimum Gasteiger partial charge on any atom is -0.508 e. The van der Waals surface area contributed by atoms with Crippen LogP contribution in [-0.2, 0) is 14.3 Å². The molecule has 0 heterocycles. The summed E-state index contributed by atoms with van der Waals surface area (Å²) in [4.78, 5) is 22.7. The zero-order valence-corrected chi connectivity index (χ0v) is 10.3. The van der Waals surface area contributed by atoms with Gasteiger partial charge in [-0.3, -0.25) is 9.59 Å². The van der Waals surface area contributed by atoms with Crippen molar-refractivity contribution < 1.29 is 19.4 Å². The normalized spacial score (nSPS) is 11.4. The van der Waals surface area contributed by atoms with Gasteiger partial charge in [0.05, 0.1) is 0 Å². The van der Waals surface area contributed by atoms with Gasteiger partial charge in [0.15, 0.2) is 0 Å². The monoisotopic (exact) mass is 249 g/mol. The SMILES string of the molecule is CC/C(O)=C(\OC(C)=O)C(=O)Nc1ccccc1. The fraction of sp³-hybridized carbons (Fsp3) is 0.231. The third kappa shape index (κ3) is 3.93. The minimum absolute atomic E-state index is 0.199. The molecule has 2 N–H and O–H groups in total. The summed E-state index contributed by atoms with van der Waals surface area (Å²) < 4.78 is 4.72. The van der Waals surface area contributed by atoms with Crippen LogP contribution in [0.5, 0.6) is 0 Å². The standard InChI is InChI=1S/C13H15NO4/c1-3-11(16)12(18-9(2)15)13(17)14-10-7-5-4-6-8-10/h4-8,16H,3H2,1-2H3,(H,14,17)/b12-11+. The number of para-hydroxylation sites is 1. The van der Waals surface area contributed by atoms with E-state index in [2.05, 4.69) is 5.32 Å². The highest BCUT2D eigenvalue weighted by Crippen LogP contribution is 2.12. The molecule has 0 aromatic heterocycles. The second-order valence-corrected chi connectivity index (χ2v) is 3.54. The van der Waals surface area contributed by atoms with Gasteiger partial charge in [-0.2, -0.15) is 0 Å². The molecule has 0 fully saturated rings. The number of aliphatic hydroxyl groups excluding tert-OH is 1. The van der Waals surface area contributed by atoms with Gasteiger partial charge in [0, 0.05) is 19.0 Å². The van der Waals surface area contributed by atoms with E-state index in [1.807, 2.05) is 6.07 Å². The molecule has 0 bridgehead atoms. The largest absolute Gasteiger partial charge is 0.508 e. The molecule has 18 heavy (non-hydrogen) atoms. The van der Waals surface area contributed by atoms with Gasteiger partial charge in [-0.1, -0.05) is 25.1 Å². The van der Waals surface area contributed by atoms with Gasteiger partial charge in [0.2, 0.25) is 5.76 Å². The summed E-state index contributed by atoms with van der Waals surface area (Å²) in [6, 6.07) is 8.69. The van der Waals surface area contributed by atoms with Crippen LogP contribution in [0.2, 0.25) is 0 Å². The fourth-order valence-electron chi connectivity index (χ4n) is 1.25. The number of esters is 1. The van der Waals surface area contributed by atoms with Gasteiger partial charge in [-0.25, -0.2) is 0 Å². The van der Waals surface area contributed by atoms with Crippen LogP contribution in [0.4, 0.5) is 5.69 Å². The van der Waals surface area contributed by atoms with Crippen LogP contribution in [-0.4, -0.2) is 17.0 Å². The second-order valence-electron chi connectivity index (χ2n) is 3.54. The number of amides is 1. The number of nitrogens with one attached hydrogen (secondary N) is 1. The molecule has 0 aliphatic carbocycles. The Bertz CT molecular complexity index is 465. The fourth-order valence-corrected chi connectivity index (χ4v) is 1.25. The van der Waals surface area contributed by atoms with Crippen molar-refractivity contribution in [3.63, 3.8) is 0 Å². The first-order chi connectivity index (χ1) is 8.54. The Morgan fingerprint density at radius 3 is 2.39 bits per heavy atom. The molecule has 0 aliphatic rings. The average Bonchev–Trinajstić information content (AvgIpc) is 2.36. The van der Waals surface area contributed by atoms with E-state index in [0.29, 0.717) is 5.69 Å². The van der Waals surface area contributed by atoms with Crippen LogP contribution in [0.3, 0.4) is 0 Å². The van der Waals surface area contributed by atoms with E-state index in [0.717, 1.165) is 0 Å². The Labute approximate surface area is 105 Å². The second kappa shape index (κ2) is 6.44. The summed E-state index contributed by atoms with van der Waals surface area (Å²) in [6.07, 6.45) is 0.199. The molecule has 0 unspecified atom stereocenters. The van der Waals surface area contributed by atoms with E-state index >= 15 is 0 Å². The number of carbonyl (C=O) groups is 2. The van der Waals surface area contributed by atoms with E-state index in [1.165, 1.54) is 6.92 Å². The molecule has 0 atom stereocenters. The Kier molecular flexibility index (Phi) is 4.92. The number of anilines is 1. The molecule has 0 saturated carbocycles. The summed E-state index contributed by atoms with van der Waals surface area (Å²) in [6.45, 7) is 2.81. The van der Waals surface area contributed by atoms with Crippen LogP contribution in [0, 0.1) is 0 Å². The van der Waals surface area contributed by atoms with Crippen molar-refractivity contribution in [3.8, 4) is 0 Å². The van der Waals surface area contributed by atoms with E-state index in [4.69, 9.17) is 4.74 Å². The molecule has 0 saturated heterocycles. The van der Waals surface area contributed by atoms with Gasteiger partial charge in [0.1, 0.15) is 5.76 Å². The van der Waals surface area contributed by atoms with Crippen molar-refractivity contribution in [2.75, 3.05) is 5.32 Å². The smallest absolute Gasteiger partial charge is 0.308 e. The first-order valence-corrected chi connectivity index (χ1v) is 5.51. The topological polar surface area (TPSA) is 75.6 Å². The maximum Gasteiger partial charge on any atom is 0.308 e. The number of carbonyl (C=O) groups excluding carboxylic acids is 2. The lowest BCUT2D eigenvalue weighted by Gasteiger charge is -2.09. The van der Waals surface area contributed by atoms with Crippen molar-refractivity contribution in [1.82, 2.24) is 0 Å². The van der Waals surface area contributed by atoms with Gasteiger partial charge in [-0.15, -0.1) is 0 Å². The maximum absolute atomic E-state index is 11.8. The Morgan fingerprint density at radius 1 is 1.28 bits per heavy atom. The van der Waals surface area contributed by atoms with E-state index < -0.39 is 11.9 Å². The van der Waals surface area contributed by atoms with Gasteiger partial charge < -0.3 is 15.2 Å². The van der Waals surface area contributed by atoms with Crippen LogP contribution in [0.1, 0.15) is 20.3 Å². The van der Waals surface area contributed by atoms with Crippen LogP contribution in [0.15, 0.2) is 41.9 Å². The van der Waals surface area contributed by atoms with Gasteiger partial charge in [0.25, 0.3) is 5.91 Å². The molecule has 0 radical (unpaired) electrons. The molecular weight excluding hydrogens is 234 g/mol. The first-order valence-electron chi connectivity index (χ1n) is 5.51. The summed E-state index contributed by atoms with van der Waals surface area (Å²) in [5.41, 5.74) is 0.552. The summed E-state index contributed by atoms with van der Waals surface area (Å²) in [5, 5.41) is 12.1. The van der Waals surface area contributed by atoms with Crippen molar-refractivity contribution in [2.45, 2.75) is 20.3 Å². The quantitative estimate of drug-likeness (QED) is 0.488. The summed E-state index contributed by atoms with van der Waals surface area (Å²) in [5.74, 6) is -1.95. The zero-order chi connectivity index (χ0) is 13.5. The number of ether oxygens (including phenoxy) is 1. The number of benzene rings is 1. The lowest BCUT2D eigenvalue weighted by atomic mass is 10.3. The van der Waals surface area contributed by atoms with Crippen LogP contribution < -0.4 is 5.32 Å². The minimum atomic E-state index is -0.659. The molecule has 0 spiro atoms. The molecule has 1 amide bonds. The molecule has 1 rings (SSSR count). The first kappa shape index (κ1) is 13.8. The van der Waals surface area contributed by atoms with Crippen LogP contribution >= 0.6 is 0 Å². The number of aliphatic hydroxyl groups is 1. The Morgan fingerprint density at radius 2 is 1.89 bits per heavy atom. The number of allylic oxidation sites excluding steroid dienone is 1. The van der Waals surface area contributed by atoms with Crippen molar-refractivity contribution >= 4 is 17.6 Å². The Hall–Kier alpha value is -2.30. The van der Waals surface area contributed by atoms with Crippen molar-refractivity contribution in [3.05, 3.63) is 41.9 Å². The number of hydrogen-bond donors (Lipinski definition) is 2. The molecule has 0 aliphatic heterocycles. The predicted octanol–water partition coefficient (Wildman–Crippen LogP) is 2.37. The highest BCUT2D eigenvalue weighted by Gasteiger charge is 2.18. The van der Waals surface area contributed by atoms with E-state index in [1.54, 1.807) is 31.2 Å². The molecule has 5 heteroatoms. The highest BCUT2D eigenvalue weighted by molar-refractivity contribution is 6.03. The zero-order valence-electron chi connectivity index (χ0n) is 10.3. The lowest BCUT2D eigenvalue weighted by Crippen LogP contribution is -2.20. The third-order valence-corrected chi connectivity index (χ3v) is 2.08. The van der Waals surface area contributed by atoms with Crippen molar-refractivity contribution in [1.29, 1.82) is 0 Å². The Balaban J connectivity index is 2.87. The lowest BCUT2D eigenvalue weighted by molar-refractivity contribution is -0.140. The van der Waals surface area contributed by atoms with Crippen molar-refractivity contribution in [2.24, 2.45) is 0 Å². The van der Waals surface area contributed by atoms with Gasteiger partial charge in [-0.05, 0) is 12.1 Å².